The fraction of sp³-hybridized carbons (Fsp3) is 0.250. The molecule has 0 aliphatic heterocycles. The Kier molecular flexibility index (Phi) is 6.48. The van der Waals surface area contributed by atoms with Crippen LogP contribution in [0.25, 0.3) is 17.1 Å². The number of sulfonamides is 1. The number of hydrogen-bond donors (Lipinski definition) is 2. The van der Waals surface area contributed by atoms with E-state index in [4.69, 9.17) is 10.6 Å². The quantitative estimate of drug-likeness (QED) is 0.321. The summed E-state index contributed by atoms with van der Waals surface area (Å²) >= 11 is 0. The van der Waals surface area contributed by atoms with Crippen molar-refractivity contribution in [3.8, 4) is 17.1 Å². The number of amidine groups is 1. The van der Waals surface area contributed by atoms with Gasteiger partial charge in [-0.3, -0.25) is 0 Å². The van der Waals surface area contributed by atoms with Gasteiger partial charge in [0.15, 0.2) is 5.84 Å². The summed E-state index contributed by atoms with van der Waals surface area (Å²) < 4.78 is 28.4. The number of nitrogens with one attached hydrogen (secondary N) is 1. The molecule has 30 heavy (non-hydrogen) atoms. The maximum atomic E-state index is 12.2. The molecule has 158 valence electrons. The number of aryl methyl sites for hydroxylation is 1. The fourth-order valence-corrected chi connectivity index (χ4v) is 3.60. The van der Waals surface area contributed by atoms with Gasteiger partial charge in [0.1, 0.15) is 18.0 Å². The van der Waals surface area contributed by atoms with Crippen LogP contribution in [0.5, 0.6) is 0 Å². The highest BCUT2D eigenvalue weighted by molar-refractivity contribution is 7.88. The largest absolute Gasteiger partial charge is 0.394 e. The average molecular weight is 429 g/mol. The van der Waals surface area contributed by atoms with Gasteiger partial charge in [-0.2, -0.15) is 5.10 Å². The lowest BCUT2D eigenvalue weighted by Crippen LogP contribution is -2.22. The second-order valence-corrected chi connectivity index (χ2v) is 8.43. The summed E-state index contributed by atoms with van der Waals surface area (Å²) in [6.45, 7) is 4.05. The van der Waals surface area contributed by atoms with Gasteiger partial charge in [0.05, 0.1) is 17.1 Å². The Hall–Kier alpha value is -3.24. The molecule has 1 aromatic carbocycles. The van der Waals surface area contributed by atoms with Crippen LogP contribution < -0.4 is 10.5 Å². The first-order valence-corrected chi connectivity index (χ1v) is 11.0. The Morgan fingerprint density at radius 1 is 1.20 bits per heavy atom. The average Bonchev–Trinajstić information content (AvgIpc) is 3.14. The minimum absolute atomic E-state index is 0.0984. The molecule has 3 aromatic rings. The highest BCUT2D eigenvalue weighted by Gasteiger charge is 2.20. The highest BCUT2D eigenvalue weighted by atomic mass is 32.2. The number of oxime groups is 1. The summed E-state index contributed by atoms with van der Waals surface area (Å²) in [7, 11) is -2.15. The van der Waals surface area contributed by atoms with Gasteiger partial charge in [0.2, 0.25) is 10.0 Å². The number of pyridine rings is 1. The van der Waals surface area contributed by atoms with Gasteiger partial charge in [-0.05, 0) is 50.2 Å². The molecular weight excluding hydrogens is 404 g/mol. The van der Waals surface area contributed by atoms with E-state index < -0.39 is 10.0 Å². The third kappa shape index (κ3) is 4.84. The molecule has 0 amide bonds. The number of nitrogens with zero attached hydrogens (tertiary/aromatic N) is 4. The minimum atomic E-state index is -3.52. The first-order chi connectivity index (χ1) is 14.3. The van der Waals surface area contributed by atoms with Crippen LogP contribution in [0.15, 0.2) is 53.8 Å². The zero-order valence-corrected chi connectivity index (χ0v) is 17.8. The summed E-state index contributed by atoms with van der Waals surface area (Å²) in [5.41, 5.74) is 9.55. The zero-order chi connectivity index (χ0) is 21.7. The van der Waals surface area contributed by atoms with Gasteiger partial charge in [-0.1, -0.05) is 29.4 Å². The number of hydrogen-bond acceptors (Lipinski definition) is 6. The van der Waals surface area contributed by atoms with Gasteiger partial charge in [-0.15, -0.1) is 0 Å². The molecule has 0 aliphatic rings. The molecule has 0 radical (unpaired) electrons. The van der Waals surface area contributed by atoms with Crippen LogP contribution >= 0.6 is 0 Å². The molecule has 2 heterocycles. The summed E-state index contributed by atoms with van der Waals surface area (Å²) in [5, 5.41) is 8.48. The molecule has 9 nitrogen and oxygen atoms in total. The third-order valence-electron chi connectivity index (χ3n) is 4.33. The maximum Gasteiger partial charge on any atom is 0.215 e. The van der Waals surface area contributed by atoms with Crippen molar-refractivity contribution in [1.82, 2.24) is 19.5 Å². The second-order valence-electron chi connectivity index (χ2n) is 6.50. The molecule has 10 heteroatoms. The topological polar surface area (TPSA) is 124 Å². The van der Waals surface area contributed by atoms with E-state index in [0.29, 0.717) is 29.3 Å². The molecule has 3 rings (SSSR count). The van der Waals surface area contributed by atoms with Crippen molar-refractivity contribution >= 4 is 15.9 Å². The van der Waals surface area contributed by atoms with Crippen LogP contribution in [0.3, 0.4) is 0 Å². The Balaban J connectivity index is 2.14. The highest BCUT2D eigenvalue weighted by Crippen LogP contribution is 2.26. The fourth-order valence-electron chi connectivity index (χ4n) is 2.82. The van der Waals surface area contributed by atoms with Crippen molar-refractivity contribution in [3.63, 3.8) is 0 Å². The van der Waals surface area contributed by atoms with Crippen LogP contribution in [0, 0.1) is 6.92 Å². The van der Waals surface area contributed by atoms with Crippen molar-refractivity contribution in [1.29, 1.82) is 0 Å². The van der Waals surface area contributed by atoms with Crippen LogP contribution in [0.1, 0.15) is 23.7 Å². The number of nitrogens with two attached hydrogens (primary N) is 1. The van der Waals surface area contributed by atoms with E-state index in [-0.39, 0.29) is 11.6 Å². The smallest absolute Gasteiger partial charge is 0.215 e. The molecule has 0 unspecified atom stereocenters. The molecule has 0 saturated carbocycles. The van der Waals surface area contributed by atoms with Crippen LogP contribution in [0.2, 0.25) is 0 Å². The second kappa shape index (κ2) is 9.06. The Morgan fingerprint density at radius 3 is 2.60 bits per heavy atom. The van der Waals surface area contributed by atoms with E-state index in [1.165, 1.54) is 7.05 Å². The molecule has 0 fully saturated rings. The lowest BCUT2D eigenvalue weighted by atomic mass is 10.1. The number of para-hydroxylation sites is 1. The third-order valence-corrected chi connectivity index (χ3v) is 5.65. The van der Waals surface area contributed by atoms with E-state index in [1.54, 1.807) is 23.7 Å². The first-order valence-electron chi connectivity index (χ1n) is 9.33. The van der Waals surface area contributed by atoms with E-state index in [9.17, 15) is 8.42 Å². The predicted molar refractivity (Wildman–Crippen MR) is 116 cm³/mol. The monoisotopic (exact) mass is 428 g/mol. The van der Waals surface area contributed by atoms with Gasteiger partial charge in [0, 0.05) is 6.20 Å². The molecule has 0 atom stereocenters. The summed E-state index contributed by atoms with van der Waals surface area (Å²) in [5.74, 6) is -0.145. The lowest BCUT2D eigenvalue weighted by Gasteiger charge is -2.10. The normalized spacial score (nSPS) is 12.2. The van der Waals surface area contributed by atoms with Gasteiger partial charge in [-0.25, -0.2) is 22.8 Å². The molecule has 2 aromatic heterocycles. The van der Waals surface area contributed by atoms with Crippen LogP contribution in [-0.4, -0.2) is 42.7 Å². The van der Waals surface area contributed by atoms with E-state index in [1.807, 2.05) is 43.5 Å². The number of benzene rings is 1. The molecule has 0 bridgehead atoms. The van der Waals surface area contributed by atoms with Gasteiger partial charge < -0.3 is 10.6 Å². The van der Waals surface area contributed by atoms with Crippen molar-refractivity contribution in [3.05, 3.63) is 65.5 Å². The summed E-state index contributed by atoms with van der Waals surface area (Å²) in [6.07, 6.45) is 1.87. The molecular formula is C20H24N6O3S. The Labute approximate surface area is 175 Å². The van der Waals surface area contributed by atoms with Crippen LogP contribution in [-0.2, 0) is 20.6 Å². The minimum Gasteiger partial charge on any atom is -0.394 e. The van der Waals surface area contributed by atoms with Crippen molar-refractivity contribution < 1.29 is 13.3 Å². The first kappa shape index (κ1) is 21.5. The van der Waals surface area contributed by atoms with E-state index in [2.05, 4.69) is 20.0 Å². The number of aromatic nitrogens is 3. The van der Waals surface area contributed by atoms with Crippen molar-refractivity contribution in [2.24, 2.45) is 10.9 Å². The lowest BCUT2D eigenvalue weighted by molar-refractivity contribution is 0.158. The maximum absolute atomic E-state index is 12.2. The Morgan fingerprint density at radius 2 is 1.93 bits per heavy atom. The van der Waals surface area contributed by atoms with Crippen molar-refractivity contribution in [2.45, 2.75) is 19.6 Å². The van der Waals surface area contributed by atoms with E-state index in [0.717, 1.165) is 11.3 Å². The van der Waals surface area contributed by atoms with E-state index >= 15 is 0 Å². The molecule has 0 saturated heterocycles. The van der Waals surface area contributed by atoms with Crippen LogP contribution in [0.4, 0.5) is 0 Å². The molecule has 0 spiro atoms. The van der Waals surface area contributed by atoms with Crippen molar-refractivity contribution in [2.75, 3.05) is 13.7 Å². The SMILES string of the molecule is CCO/N=C(\N)c1ccc(CS(=O)(=O)NC)c(-c2nn(-c3ccccc3)cc2C)n1. The van der Waals surface area contributed by atoms with Gasteiger partial charge >= 0.3 is 0 Å². The van der Waals surface area contributed by atoms with Gasteiger partial charge in [0.25, 0.3) is 0 Å². The predicted octanol–water partition coefficient (Wildman–Crippen LogP) is 1.95. The standard InChI is InChI=1S/C20H24N6O3S/c1-4-29-25-20(21)17-11-10-15(13-30(27,28)22-3)19(23-17)18-14(2)12-26(24-18)16-8-6-5-7-9-16/h5-12,22H,4,13H2,1-3H3,(H2,21,25). The zero-order valence-electron chi connectivity index (χ0n) is 17.0. The summed E-state index contributed by atoms with van der Waals surface area (Å²) in [4.78, 5) is 9.58. The number of rotatable bonds is 8. The summed E-state index contributed by atoms with van der Waals surface area (Å²) in [6, 6.07) is 12.9. The molecule has 3 N–H and O–H groups in total. The molecule has 0 aliphatic carbocycles. The Bertz CT molecular complexity index is 1160.